The van der Waals surface area contributed by atoms with Crippen LogP contribution >= 0.6 is 0 Å². The molecule has 1 N–H and O–H groups in total. The van der Waals surface area contributed by atoms with Crippen LogP contribution < -0.4 is 15.0 Å². The van der Waals surface area contributed by atoms with Crippen molar-refractivity contribution < 1.29 is 14.3 Å². The van der Waals surface area contributed by atoms with Crippen molar-refractivity contribution in [1.82, 2.24) is 10.2 Å². The third-order valence-corrected chi connectivity index (χ3v) is 6.58. The van der Waals surface area contributed by atoms with E-state index in [-0.39, 0.29) is 29.7 Å². The number of carbonyl (C=O) groups excluding carboxylic acids is 2. The standard InChI is InChI=1S/C24H29N3O3/c1-26(2)24(13-17-6-4-5-7-18(17)14-24)16-25-23(29)19-12-22(28)27(15-19)20-8-10-21(30-3)11-9-20/h4-11,19H,12-16H2,1-3H3,(H,25,29). The van der Waals surface area contributed by atoms with Crippen molar-refractivity contribution in [2.24, 2.45) is 5.92 Å². The predicted octanol–water partition coefficient (Wildman–Crippen LogP) is 2.26. The highest BCUT2D eigenvalue weighted by Gasteiger charge is 2.41. The number of amides is 2. The highest BCUT2D eigenvalue weighted by Crippen LogP contribution is 2.33. The Labute approximate surface area is 177 Å². The van der Waals surface area contributed by atoms with Gasteiger partial charge >= 0.3 is 0 Å². The fraction of sp³-hybridized carbons (Fsp3) is 0.417. The van der Waals surface area contributed by atoms with Crippen LogP contribution in [0, 0.1) is 5.92 Å². The van der Waals surface area contributed by atoms with Crippen LogP contribution in [-0.4, -0.2) is 56.5 Å². The molecule has 2 amide bonds. The first kappa shape index (κ1) is 20.4. The Balaban J connectivity index is 1.40. The van der Waals surface area contributed by atoms with Gasteiger partial charge in [-0.15, -0.1) is 0 Å². The van der Waals surface area contributed by atoms with Crippen molar-refractivity contribution in [3.05, 3.63) is 59.7 Å². The molecule has 2 aromatic carbocycles. The van der Waals surface area contributed by atoms with Crippen LogP contribution in [0.15, 0.2) is 48.5 Å². The normalized spacial score (nSPS) is 19.8. The lowest BCUT2D eigenvalue weighted by molar-refractivity contribution is -0.126. The largest absolute Gasteiger partial charge is 0.497 e. The van der Waals surface area contributed by atoms with Gasteiger partial charge in [-0.3, -0.25) is 9.59 Å². The van der Waals surface area contributed by atoms with E-state index in [2.05, 4.69) is 48.6 Å². The molecule has 0 spiro atoms. The second-order valence-electron chi connectivity index (χ2n) is 8.56. The van der Waals surface area contributed by atoms with Gasteiger partial charge in [-0.25, -0.2) is 0 Å². The second-order valence-corrected chi connectivity index (χ2v) is 8.56. The second kappa shape index (κ2) is 8.11. The quantitative estimate of drug-likeness (QED) is 0.798. The van der Waals surface area contributed by atoms with E-state index in [4.69, 9.17) is 4.74 Å². The molecule has 2 aromatic rings. The van der Waals surface area contributed by atoms with Gasteiger partial charge < -0.3 is 19.9 Å². The molecule has 1 unspecified atom stereocenters. The van der Waals surface area contributed by atoms with Crippen molar-refractivity contribution in [1.29, 1.82) is 0 Å². The third-order valence-electron chi connectivity index (χ3n) is 6.58. The Bertz CT molecular complexity index is 914. The predicted molar refractivity (Wildman–Crippen MR) is 117 cm³/mol. The number of hydrogen-bond donors (Lipinski definition) is 1. The third kappa shape index (κ3) is 3.79. The zero-order valence-corrected chi connectivity index (χ0v) is 17.9. The number of benzene rings is 2. The lowest BCUT2D eigenvalue weighted by atomic mass is 9.93. The van der Waals surface area contributed by atoms with Crippen molar-refractivity contribution in [2.75, 3.05) is 39.2 Å². The number of methoxy groups -OCH3 is 1. The molecule has 1 aliphatic heterocycles. The summed E-state index contributed by atoms with van der Waals surface area (Å²) in [6.07, 6.45) is 2.07. The molecule has 4 rings (SSSR count). The van der Waals surface area contributed by atoms with Crippen LogP contribution in [0.5, 0.6) is 5.75 Å². The molecular weight excluding hydrogens is 378 g/mol. The number of carbonyl (C=O) groups is 2. The summed E-state index contributed by atoms with van der Waals surface area (Å²) in [5.74, 6) is 0.348. The maximum atomic E-state index is 12.9. The van der Waals surface area contributed by atoms with Gasteiger partial charge in [-0.1, -0.05) is 24.3 Å². The van der Waals surface area contributed by atoms with Crippen LogP contribution in [0.1, 0.15) is 17.5 Å². The monoisotopic (exact) mass is 407 g/mol. The zero-order valence-electron chi connectivity index (χ0n) is 17.9. The maximum absolute atomic E-state index is 12.9. The molecule has 1 fully saturated rings. The number of fused-ring (bicyclic) bond motifs is 1. The van der Waals surface area contributed by atoms with Crippen molar-refractivity contribution in [3.63, 3.8) is 0 Å². The Morgan fingerprint density at radius 1 is 1.13 bits per heavy atom. The number of rotatable bonds is 6. The van der Waals surface area contributed by atoms with Gasteiger partial charge in [-0.2, -0.15) is 0 Å². The molecule has 1 heterocycles. The summed E-state index contributed by atoms with van der Waals surface area (Å²) in [4.78, 5) is 29.4. The molecule has 0 bridgehead atoms. The van der Waals surface area contributed by atoms with Crippen molar-refractivity contribution in [3.8, 4) is 5.75 Å². The van der Waals surface area contributed by atoms with E-state index in [1.807, 2.05) is 24.3 Å². The number of likely N-dealkylation sites (N-methyl/N-ethyl adjacent to an activating group) is 1. The molecule has 30 heavy (non-hydrogen) atoms. The minimum atomic E-state index is -0.331. The smallest absolute Gasteiger partial charge is 0.227 e. The summed E-state index contributed by atoms with van der Waals surface area (Å²) >= 11 is 0. The number of anilines is 1. The van der Waals surface area contributed by atoms with Crippen molar-refractivity contribution in [2.45, 2.75) is 24.8 Å². The SMILES string of the molecule is COc1ccc(N2CC(C(=O)NCC3(N(C)C)Cc4ccccc4C3)CC2=O)cc1. The molecule has 2 aliphatic rings. The van der Waals surface area contributed by atoms with E-state index in [0.717, 1.165) is 24.3 Å². The molecular formula is C24H29N3O3. The molecule has 6 heteroatoms. The minimum absolute atomic E-state index is 0.0177. The minimum Gasteiger partial charge on any atom is -0.497 e. The maximum Gasteiger partial charge on any atom is 0.227 e. The van der Waals surface area contributed by atoms with Gasteiger partial charge in [0.25, 0.3) is 0 Å². The Morgan fingerprint density at radius 2 is 1.77 bits per heavy atom. The average Bonchev–Trinajstić information content (AvgIpc) is 3.33. The van der Waals surface area contributed by atoms with Crippen LogP contribution in [0.3, 0.4) is 0 Å². The molecule has 0 radical (unpaired) electrons. The first-order chi connectivity index (χ1) is 14.4. The molecule has 1 atom stereocenters. The lowest BCUT2D eigenvalue weighted by Gasteiger charge is -2.36. The summed E-state index contributed by atoms with van der Waals surface area (Å²) in [6.45, 7) is 0.979. The summed E-state index contributed by atoms with van der Waals surface area (Å²) in [6, 6.07) is 15.8. The summed E-state index contributed by atoms with van der Waals surface area (Å²) in [5, 5.41) is 3.15. The Morgan fingerprint density at radius 3 is 2.33 bits per heavy atom. The Hall–Kier alpha value is -2.86. The van der Waals surface area contributed by atoms with Crippen LogP contribution in [0.4, 0.5) is 5.69 Å². The van der Waals surface area contributed by atoms with Crippen LogP contribution in [-0.2, 0) is 22.4 Å². The highest BCUT2D eigenvalue weighted by atomic mass is 16.5. The molecule has 6 nitrogen and oxygen atoms in total. The van der Waals surface area contributed by atoms with Crippen LogP contribution in [0.2, 0.25) is 0 Å². The molecule has 158 valence electrons. The number of ether oxygens (including phenoxy) is 1. The number of nitrogens with zero attached hydrogens (tertiary/aromatic N) is 2. The topological polar surface area (TPSA) is 61.9 Å². The van der Waals surface area contributed by atoms with E-state index in [1.54, 1.807) is 12.0 Å². The number of nitrogens with one attached hydrogen (secondary N) is 1. The van der Waals surface area contributed by atoms with Crippen LogP contribution in [0.25, 0.3) is 0 Å². The molecule has 0 aromatic heterocycles. The fourth-order valence-electron chi connectivity index (χ4n) is 4.56. The van der Waals surface area contributed by atoms with E-state index in [0.29, 0.717) is 13.1 Å². The Kier molecular flexibility index (Phi) is 5.52. The number of hydrogen-bond acceptors (Lipinski definition) is 4. The van der Waals surface area contributed by atoms with Crippen molar-refractivity contribution >= 4 is 17.5 Å². The summed E-state index contributed by atoms with van der Waals surface area (Å²) in [5.41, 5.74) is 3.37. The fourth-order valence-corrected chi connectivity index (χ4v) is 4.56. The average molecular weight is 408 g/mol. The molecule has 0 saturated carbocycles. The van der Waals surface area contributed by atoms with E-state index in [1.165, 1.54) is 11.1 Å². The van der Waals surface area contributed by atoms with Gasteiger partial charge in [0.05, 0.1) is 13.0 Å². The van der Waals surface area contributed by atoms with E-state index < -0.39 is 0 Å². The van der Waals surface area contributed by atoms with Gasteiger partial charge in [0.15, 0.2) is 0 Å². The van der Waals surface area contributed by atoms with Gasteiger partial charge in [-0.05, 0) is 62.3 Å². The molecule has 1 saturated heterocycles. The first-order valence-electron chi connectivity index (χ1n) is 10.4. The summed E-state index contributed by atoms with van der Waals surface area (Å²) in [7, 11) is 5.75. The van der Waals surface area contributed by atoms with E-state index in [9.17, 15) is 9.59 Å². The zero-order chi connectivity index (χ0) is 21.3. The highest BCUT2D eigenvalue weighted by molar-refractivity contribution is 6.00. The van der Waals surface area contributed by atoms with E-state index >= 15 is 0 Å². The molecule has 1 aliphatic carbocycles. The summed E-state index contributed by atoms with van der Waals surface area (Å²) < 4.78 is 5.18. The first-order valence-corrected chi connectivity index (χ1v) is 10.4. The van der Waals surface area contributed by atoms with Gasteiger partial charge in [0, 0.05) is 30.7 Å². The van der Waals surface area contributed by atoms with Gasteiger partial charge in [0.1, 0.15) is 5.75 Å². The van der Waals surface area contributed by atoms with Gasteiger partial charge in [0.2, 0.25) is 11.8 Å². The lowest BCUT2D eigenvalue weighted by Crippen LogP contribution is -2.54.